The van der Waals surface area contributed by atoms with Gasteiger partial charge in [-0.15, -0.1) is 0 Å². The summed E-state index contributed by atoms with van der Waals surface area (Å²) in [4.78, 5) is 45.9. The largest absolute Gasteiger partial charge is 0.507 e. The predicted molar refractivity (Wildman–Crippen MR) is 231 cm³/mol. The molecule has 336 valence electrons. The molecule has 61 heavy (non-hydrogen) atoms. The molecule has 1 amide bonds. The molecule has 0 unspecified atom stereocenters. The first kappa shape index (κ1) is 48.5. The maximum absolute atomic E-state index is 14.4. The summed E-state index contributed by atoms with van der Waals surface area (Å²) in [5.41, 5.74) is -0.543. The highest BCUT2D eigenvalue weighted by atomic mass is 16.7. The number of aliphatic hydroxyl groups is 2. The van der Waals surface area contributed by atoms with Crippen LogP contribution >= 0.6 is 0 Å². The van der Waals surface area contributed by atoms with Crippen molar-refractivity contribution >= 4 is 40.3 Å². The van der Waals surface area contributed by atoms with E-state index in [9.17, 15) is 39.9 Å². The van der Waals surface area contributed by atoms with Crippen LogP contribution in [-0.2, 0) is 28.6 Å². The Bertz CT molecular complexity index is 2040. The second kappa shape index (κ2) is 21.1. The van der Waals surface area contributed by atoms with Gasteiger partial charge in [0, 0.05) is 61.2 Å². The van der Waals surface area contributed by atoms with Crippen LogP contribution in [0.4, 0.5) is 5.69 Å². The monoisotopic (exact) mass is 852 g/mol. The third-order valence-electron chi connectivity index (χ3n) is 11.9. The number of unbranched alkanes of at least 4 members (excludes halogenated alkanes) is 5. The fourth-order valence-corrected chi connectivity index (χ4v) is 7.96. The van der Waals surface area contributed by atoms with Crippen molar-refractivity contribution in [2.24, 2.45) is 28.8 Å². The minimum Gasteiger partial charge on any atom is -0.507 e. The number of benzene rings is 2. The summed E-state index contributed by atoms with van der Waals surface area (Å²) >= 11 is 0. The van der Waals surface area contributed by atoms with Crippen molar-refractivity contribution in [1.82, 2.24) is 0 Å². The Balaban J connectivity index is 1.90. The number of ether oxygens (including phenoxy) is 4. The Morgan fingerprint density at radius 1 is 0.918 bits per heavy atom. The molecule has 3 aliphatic rings. The number of nitrogens with one attached hydrogen (secondary N) is 1. The first-order chi connectivity index (χ1) is 28.8. The number of hydrogen-bond donors (Lipinski definition) is 6. The minimum absolute atomic E-state index is 0.0419. The number of allylic oxidation sites excluding steroid dienone is 2. The third-order valence-corrected chi connectivity index (χ3v) is 11.9. The van der Waals surface area contributed by atoms with Gasteiger partial charge in [0.1, 0.15) is 30.0 Å². The van der Waals surface area contributed by atoms with Crippen molar-refractivity contribution in [1.29, 1.82) is 0 Å². The molecule has 3 aliphatic heterocycles. The van der Waals surface area contributed by atoms with Crippen molar-refractivity contribution in [3.63, 3.8) is 0 Å². The average molecular weight is 853 g/mol. The van der Waals surface area contributed by atoms with Crippen LogP contribution < -0.4 is 10.1 Å². The molecular formula is C46H64N2O13. The van der Waals surface area contributed by atoms with E-state index in [0.717, 1.165) is 44.7 Å². The standard InChI is InChI=1S/C46H64N2O13/c1-11-12-13-14-15-16-21-59-47-23-31-36-41(54)34-33(40(31)53)35-43(29(7)39(34)52)61-46(9,44(35)55)58-22-20-32(57-10)26(4)42(60-30(8)49)28(6)38(51)27(5)37(50)24(2)18-17-19-25(3)45(56)48-36/h17-20,22-24,26-28,32,37-38,42,50-54H,11-16,21H2,1-10H3,(H,48,56)/b18-17+,22-20+,25-19-,47-23+/t24-,26-,27-,28-,32+,37+,38-,42-,46+/m1/s1. The van der Waals surface area contributed by atoms with Crippen LogP contribution in [0.1, 0.15) is 115 Å². The van der Waals surface area contributed by atoms with Crippen molar-refractivity contribution < 1.29 is 63.7 Å². The van der Waals surface area contributed by atoms with E-state index in [1.807, 2.05) is 0 Å². The smallest absolute Gasteiger partial charge is 0.312 e. The van der Waals surface area contributed by atoms with E-state index >= 15 is 0 Å². The number of nitrogens with zero attached hydrogens (tertiary/aromatic N) is 1. The van der Waals surface area contributed by atoms with Crippen LogP contribution in [0.15, 0.2) is 41.3 Å². The van der Waals surface area contributed by atoms with Crippen molar-refractivity contribution in [2.75, 3.05) is 19.0 Å². The van der Waals surface area contributed by atoms with Crippen LogP contribution in [0.2, 0.25) is 0 Å². The van der Waals surface area contributed by atoms with Gasteiger partial charge in [-0.2, -0.15) is 0 Å². The topological polar surface area (TPSA) is 223 Å². The zero-order valence-electron chi connectivity index (χ0n) is 37.0. The molecule has 15 heteroatoms. The number of phenols is 3. The zero-order chi connectivity index (χ0) is 45.3. The number of Topliss-reactive ketones (excluding diaryl/α,β-unsaturated/α-hetero) is 1. The van der Waals surface area contributed by atoms with Gasteiger partial charge in [-0.05, 0) is 32.8 Å². The van der Waals surface area contributed by atoms with Gasteiger partial charge in [-0.25, -0.2) is 0 Å². The summed E-state index contributed by atoms with van der Waals surface area (Å²) in [6.45, 7) is 14.9. The van der Waals surface area contributed by atoms with E-state index in [2.05, 4.69) is 17.4 Å². The summed E-state index contributed by atoms with van der Waals surface area (Å²) < 4.78 is 23.6. The van der Waals surface area contributed by atoms with Gasteiger partial charge >= 0.3 is 11.8 Å². The van der Waals surface area contributed by atoms with E-state index in [1.54, 1.807) is 39.8 Å². The van der Waals surface area contributed by atoms with E-state index in [0.29, 0.717) is 0 Å². The summed E-state index contributed by atoms with van der Waals surface area (Å²) in [6.07, 6.45) is 10.7. The number of esters is 1. The highest BCUT2D eigenvalue weighted by Crippen LogP contribution is 2.55. The normalized spacial score (nSPS) is 29.5. The first-order valence-corrected chi connectivity index (χ1v) is 21.1. The molecule has 2 aromatic carbocycles. The summed E-state index contributed by atoms with van der Waals surface area (Å²) in [6, 6.07) is 0. The fraction of sp³-hybridized carbons (Fsp3) is 0.565. The predicted octanol–water partition coefficient (Wildman–Crippen LogP) is 7.47. The number of aromatic hydroxyl groups is 3. The number of fused-ring (bicyclic) bond motifs is 14. The van der Waals surface area contributed by atoms with Gasteiger partial charge in [0.25, 0.3) is 11.7 Å². The molecule has 15 nitrogen and oxygen atoms in total. The van der Waals surface area contributed by atoms with E-state index in [4.69, 9.17) is 23.8 Å². The van der Waals surface area contributed by atoms with E-state index in [1.165, 1.54) is 53.2 Å². The second-order valence-electron chi connectivity index (χ2n) is 16.5. The molecule has 0 saturated carbocycles. The number of rotatable bonds is 11. The molecule has 3 heterocycles. The number of phenolic OH excluding ortho intramolecular Hbond substituents is 3. The Morgan fingerprint density at radius 2 is 1.59 bits per heavy atom. The molecule has 0 fully saturated rings. The van der Waals surface area contributed by atoms with Crippen molar-refractivity contribution in [3.8, 4) is 23.0 Å². The number of aliphatic hydroxyl groups excluding tert-OH is 2. The maximum atomic E-state index is 14.4. The van der Waals surface area contributed by atoms with Crippen LogP contribution in [0.25, 0.3) is 10.8 Å². The Morgan fingerprint density at radius 3 is 2.25 bits per heavy atom. The van der Waals surface area contributed by atoms with Crippen LogP contribution in [0, 0.1) is 30.6 Å². The Labute approximate surface area is 358 Å². The number of carbonyl (C=O) groups excluding carboxylic acids is 3. The molecule has 5 bridgehead atoms. The van der Waals surface area contributed by atoms with Gasteiger partial charge < -0.3 is 54.6 Å². The Hall–Kier alpha value is -5.12. The number of anilines is 1. The molecule has 9 atom stereocenters. The number of oxime groups is 1. The maximum Gasteiger partial charge on any atom is 0.312 e. The number of hydrogen-bond acceptors (Lipinski definition) is 14. The van der Waals surface area contributed by atoms with Gasteiger partial charge in [0.2, 0.25) is 0 Å². The van der Waals surface area contributed by atoms with Crippen molar-refractivity contribution in [3.05, 3.63) is 52.8 Å². The van der Waals surface area contributed by atoms with Crippen molar-refractivity contribution in [2.45, 2.75) is 131 Å². The average Bonchev–Trinajstić information content (AvgIpc) is 3.49. The van der Waals surface area contributed by atoms with Gasteiger partial charge in [-0.1, -0.05) is 83.7 Å². The summed E-state index contributed by atoms with van der Waals surface area (Å²) in [7, 11) is 1.43. The fourth-order valence-electron chi connectivity index (χ4n) is 7.96. The van der Waals surface area contributed by atoms with E-state index < -0.39 is 88.8 Å². The second-order valence-corrected chi connectivity index (χ2v) is 16.5. The highest BCUT2D eigenvalue weighted by molar-refractivity contribution is 6.23. The molecule has 0 saturated heterocycles. The number of ketones is 1. The molecule has 0 aliphatic carbocycles. The molecule has 0 spiro atoms. The molecular weight excluding hydrogens is 789 g/mol. The van der Waals surface area contributed by atoms with E-state index in [-0.39, 0.29) is 51.1 Å². The lowest BCUT2D eigenvalue weighted by Crippen LogP contribution is -2.46. The van der Waals surface area contributed by atoms with Crippen LogP contribution in [0.3, 0.4) is 0 Å². The van der Waals surface area contributed by atoms with Crippen LogP contribution in [-0.4, -0.2) is 93.3 Å². The summed E-state index contributed by atoms with van der Waals surface area (Å²) in [5, 5.41) is 64.3. The van der Waals surface area contributed by atoms with Crippen LogP contribution in [0.5, 0.6) is 23.0 Å². The zero-order valence-corrected chi connectivity index (χ0v) is 37.0. The highest BCUT2D eigenvalue weighted by Gasteiger charge is 2.50. The third kappa shape index (κ3) is 10.7. The summed E-state index contributed by atoms with van der Waals surface area (Å²) in [5.74, 6) is -8.55. The minimum atomic E-state index is -2.06. The molecule has 6 N–H and O–H groups in total. The quantitative estimate of drug-likeness (QED) is 0.0323. The lowest BCUT2D eigenvalue weighted by molar-refractivity contribution is -0.160. The number of carbonyl (C=O) groups is 3. The number of amides is 1. The van der Waals surface area contributed by atoms with Gasteiger partial charge in [-0.3, -0.25) is 14.4 Å². The SMILES string of the molecule is CCCCCCCCO/N=C/c1c2c(O)c3c(O)c(C)c4c(c3c1O)C(=O)[C@@](C)(O/C=C/[C@H](OC)[C@@H](C)[C@@H](OC(C)=O)[C@H](C)[C@H](O)[C@H](C)[C@@H](O)[C@H](C)/C=C/C=C(/C)C(=O)N2)O4. The van der Waals surface area contributed by atoms with Gasteiger partial charge in [0.05, 0.1) is 53.0 Å². The number of methoxy groups -OCH3 is 1. The van der Waals surface area contributed by atoms with Gasteiger partial charge in [0.15, 0.2) is 5.75 Å². The lowest BCUT2D eigenvalue weighted by Gasteiger charge is -2.38. The Kier molecular flexibility index (Phi) is 16.8. The molecule has 0 radical (unpaired) electrons. The molecule has 5 rings (SSSR count). The molecule has 2 aromatic rings. The first-order valence-electron chi connectivity index (χ1n) is 21.1. The lowest BCUT2D eigenvalue weighted by atomic mass is 9.78. The molecule has 0 aromatic heterocycles.